The molecule has 6 heteroatoms. The Morgan fingerprint density at radius 3 is 2.45 bits per heavy atom. The van der Waals surface area contributed by atoms with Crippen LogP contribution in [0.2, 0.25) is 0 Å². The van der Waals surface area contributed by atoms with E-state index in [4.69, 9.17) is 4.98 Å². The summed E-state index contributed by atoms with van der Waals surface area (Å²) in [6, 6.07) is 15.4. The third kappa shape index (κ3) is 4.53. The Bertz CT molecular complexity index is 1060. The maximum atomic E-state index is 13.3. The van der Waals surface area contributed by atoms with Gasteiger partial charge in [0.25, 0.3) is 5.56 Å². The number of amides is 1. The van der Waals surface area contributed by atoms with Gasteiger partial charge in [-0.05, 0) is 56.0 Å². The van der Waals surface area contributed by atoms with Crippen molar-refractivity contribution >= 4 is 28.6 Å². The van der Waals surface area contributed by atoms with Crippen LogP contribution in [0.5, 0.6) is 0 Å². The summed E-state index contributed by atoms with van der Waals surface area (Å²) in [5.74, 6) is 0.390. The summed E-state index contributed by atoms with van der Waals surface area (Å²) >= 11 is 1.30. The number of hydrogen-bond acceptors (Lipinski definition) is 4. The molecule has 2 atom stereocenters. The minimum Gasteiger partial charge on any atom is -0.355 e. The van der Waals surface area contributed by atoms with Crippen LogP contribution in [-0.4, -0.2) is 27.3 Å². The molecule has 29 heavy (non-hydrogen) atoms. The van der Waals surface area contributed by atoms with Crippen LogP contribution >= 0.6 is 11.8 Å². The molecule has 0 saturated heterocycles. The summed E-state index contributed by atoms with van der Waals surface area (Å²) in [5, 5.41) is 3.54. The van der Waals surface area contributed by atoms with Crippen molar-refractivity contribution in [3.8, 4) is 5.69 Å². The zero-order chi connectivity index (χ0) is 21.0. The summed E-state index contributed by atoms with van der Waals surface area (Å²) in [4.78, 5) is 30.3. The van der Waals surface area contributed by atoms with E-state index < -0.39 is 0 Å². The summed E-state index contributed by atoms with van der Waals surface area (Å²) in [7, 11) is 0. The van der Waals surface area contributed by atoms with Crippen molar-refractivity contribution in [1.29, 1.82) is 0 Å². The minimum atomic E-state index is -0.367. The van der Waals surface area contributed by atoms with Gasteiger partial charge in [-0.1, -0.05) is 49.9 Å². The summed E-state index contributed by atoms with van der Waals surface area (Å²) < 4.78 is 1.61. The first-order chi connectivity index (χ1) is 14.0. The Morgan fingerprint density at radius 2 is 1.79 bits per heavy atom. The number of nitrogens with zero attached hydrogens (tertiary/aromatic N) is 2. The molecule has 1 N–H and O–H groups in total. The van der Waals surface area contributed by atoms with Gasteiger partial charge in [-0.15, -0.1) is 0 Å². The molecular weight excluding hydrogens is 382 g/mol. The van der Waals surface area contributed by atoms with Gasteiger partial charge in [0.1, 0.15) is 0 Å². The molecule has 152 valence electrons. The predicted molar refractivity (Wildman–Crippen MR) is 120 cm³/mol. The van der Waals surface area contributed by atoms with E-state index in [9.17, 15) is 9.59 Å². The van der Waals surface area contributed by atoms with E-state index in [0.29, 0.717) is 28.5 Å². The Morgan fingerprint density at radius 1 is 1.10 bits per heavy atom. The summed E-state index contributed by atoms with van der Waals surface area (Å²) in [6.45, 7) is 8.63. The number of benzene rings is 2. The average molecular weight is 410 g/mol. The first kappa shape index (κ1) is 21.1. The molecule has 3 rings (SSSR count). The lowest BCUT2D eigenvalue weighted by Crippen LogP contribution is -2.31. The van der Waals surface area contributed by atoms with Gasteiger partial charge in [-0.3, -0.25) is 14.2 Å². The fourth-order valence-electron chi connectivity index (χ4n) is 3.14. The zero-order valence-electron chi connectivity index (χ0n) is 17.3. The molecule has 2 aromatic carbocycles. The van der Waals surface area contributed by atoms with Crippen LogP contribution in [-0.2, 0) is 4.79 Å². The van der Waals surface area contributed by atoms with Crippen molar-refractivity contribution in [3.05, 3.63) is 64.4 Å². The normalized spacial score (nSPS) is 13.2. The number of aromatic nitrogens is 2. The van der Waals surface area contributed by atoms with E-state index in [0.717, 1.165) is 12.1 Å². The molecule has 2 unspecified atom stereocenters. The number of carbonyl (C=O) groups excluding carboxylic acids is 1. The summed E-state index contributed by atoms with van der Waals surface area (Å²) in [5.41, 5.74) is 2.50. The first-order valence-corrected chi connectivity index (χ1v) is 10.9. The van der Waals surface area contributed by atoms with Gasteiger partial charge in [0.05, 0.1) is 21.8 Å². The van der Waals surface area contributed by atoms with Gasteiger partial charge in [-0.2, -0.15) is 0 Å². The van der Waals surface area contributed by atoms with Gasteiger partial charge in [0, 0.05) is 6.54 Å². The lowest BCUT2D eigenvalue weighted by molar-refractivity contribution is -0.120. The van der Waals surface area contributed by atoms with Gasteiger partial charge in [-0.25, -0.2) is 4.98 Å². The molecule has 3 aromatic rings. The molecule has 0 radical (unpaired) electrons. The average Bonchev–Trinajstić information content (AvgIpc) is 2.74. The SMILES string of the molecule is CCNC(=O)C(C)Sc1nc2ccccc2c(=O)n1-c1ccc(C(C)CC)cc1. The highest BCUT2D eigenvalue weighted by atomic mass is 32.2. The minimum absolute atomic E-state index is 0.0708. The lowest BCUT2D eigenvalue weighted by Gasteiger charge is -2.17. The smallest absolute Gasteiger partial charge is 0.266 e. The third-order valence-electron chi connectivity index (χ3n) is 5.08. The number of para-hydroxylation sites is 1. The van der Waals surface area contributed by atoms with Crippen LogP contribution in [0.1, 0.15) is 45.6 Å². The monoisotopic (exact) mass is 409 g/mol. The van der Waals surface area contributed by atoms with Gasteiger partial charge >= 0.3 is 0 Å². The van der Waals surface area contributed by atoms with Crippen molar-refractivity contribution < 1.29 is 4.79 Å². The number of rotatable bonds is 7. The number of thioether (sulfide) groups is 1. The van der Waals surface area contributed by atoms with Crippen molar-refractivity contribution in [2.45, 2.75) is 50.4 Å². The van der Waals surface area contributed by atoms with E-state index in [2.05, 4.69) is 31.3 Å². The van der Waals surface area contributed by atoms with Crippen molar-refractivity contribution in [2.75, 3.05) is 6.54 Å². The molecule has 0 aliphatic carbocycles. The van der Waals surface area contributed by atoms with Crippen LogP contribution in [0.4, 0.5) is 0 Å². The van der Waals surface area contributed by atoms with Crippen LogP contribution in [0.15, 0.2) is 58.5 Å². The van der Waals surface area contributed by atoms with Gasteiger partial charge in [0.15, 0.2) is 5.16 Å². The highest BCUT2D eigenvalue weighted by molar-refractivity contribution is 8.00. The predicted octanol–water partition coefficient (Wildman–Crippen LogP) is 4.52. The molecular formula is C23H27N3O2S. The Hall–Kier alpha value is -2.60. The second-order valence-electron chi connectivity index (χ2n) is 7.11. The second-order valence-corrected chi connectivity index (χ2v) is 8.42. The molecule has 0 spiro atoms. The zero-order valence-corrected chi connectivity index (χ0v) is 18.1. The van der Waals surface area contributed by atoms with Crippen molar-refractivity contribution in [1.82, 2.24) is 14.9 Å². The van der Waals surface area contributed by atoms with E-state index in [1.165, 1.54) is 17.3 Å². The number of hydrogen-bond donors (Lipinski definition) is 1. The van der Waals surface area contributed by atoms with E-state index >= 15 is 0 Å². The molecule has 0 saturated carbocycles. The maximum absolute atomic E-state index is 13.3. The fraction of sp³-hybridized carbons (Fsp3) is 0.348. The summed E-state index contributed by atoms with van der Waals surface area (Å²) in [6.07, 6.45) is 1.06. The molecule has 0 bridgehead atoms. The highest BCUT2D eigenvalue weighted by Crippen LogP contribution is 2.26. The molecule has 1 amide bonds. The highest BCUT2D eigenvalue weighted by Gasteiger charge is 2.20. The Kier molecular flexibility index (Phi) is 6.75. The van der Waals surface area contributed by atoms with Crippen LogP contribution in [0.25, 0.3) is 16.6 Å². The van der Waals surface area contributed by atoms with Crippen LogP contribution in [0.3, 0.4) is 0 Å². The second kappa shape index (κ2) is 9.27. The van der Waals surface area contributed by atoms with Gasteiger partial charge < -0.3 is 5.32 Å². The molecule has 0 aliphatic heterocycles. The molecule has 1 heterocycles. The fourth-order valence-corrected chi connectivity index (χ4v) is 4.09. The van der Waals surface area contributed by atoms with E-state index in [1.807, 2.05) is 44.2 Å². The van der Waals surface area contributed by atoms with E-state index in [-0.39, 0.29) is 16.7 Å². The lowest BCUT2D eigenvalue weighted by atomic mass is 9.98. The number of carbonyl (C=O) groups is 1. The van der Waals surface area contributed by atoms with Gasteiger partial charge in [0.2, 0.25) is 5.91 Å². The van der Waals surface area contributed by atoms with E-state index in [1.54, 1.807) is 10.6 Å². The molecule has 0 fully saturated rings. The Labute approximate surface area is 175 Å². The van der Waals surface area contributed by atoms with Crippen molar-refractivity contribution in [2.24, 2.45) is 0 Å². The van der Waals surface area contributed by atoms with Crippen LogP contribution < -0.4 is 10.9 Å². The molecule has 0 aliphatic rings. The molecule has 1 aromatic heterocycles. The maximum Gasteiger partial charge on any atom is 0.266 e. The number of nitrogens with one attached hydrogen (secondary N) is 1. The third-order valence-corrected chi connectivity index (χ3v) is 6.13. The van der Waals surface area contributed by atoms with Crippen LogP contribution in [0, 0.1) is 0 Å². The molecule has 5 nitrogen and oxygen atoms in total. The van der Waals surface area contributed by atoms with Crippen molar-refractivity contribution in [3.63, 3.8) is 0 Å². The number of fused-ring (bicyclic) bond motifs is 1. The Balaban J connectivity index is 2.12. The largest absolute Gasteiger partial charge is 0.355 e. The standard InChI is InChI=1S/C23H27N3O2S/c1-5-15(3)17-11-13-18(14-12-17)26-22(28)19-9-7-8-10-20(19)25-23(26)29-16(4)21(27)24-6-2/h7-16H,5-6H2,1-4H3,(H,24,27). The first-order valence-electron chi connectivity index (χ1n) is 10.0. The quantitative estimate of drug-likeness (QED) is 0.460. The topological polar surface area (TPSA) is 64.0 Å².